The van der Waals surface area contributed by atoms with Gasteiger partial charge in [0.05, 0.1) is 6.54 Å². The summed E-state index contributed by atoms with van der Waals surface area (Å²) in [6, 6.07) is 0. The van der Waals surface area contributed by atoms with Gasteiger partial charge in [-0.2, -0.15) is 0 Å². The van der Waals surface area contributed by atoms with Gasteiger partial charge in [-0.15, -0.1) is 0 Å². The Bertz CT molecular complexity index is 175. The summed E-state index contributed by atoms with van der Waals surface area (Å²) in [5.74, 6) is 0. The molecule has 2 nitrogen and oxygen atoms in total. The minimum absolute atomic E-state index is 0.903. The van der Waals surface area contributed by atoms with E-state index < -0.39 is 0 Å². The van der Waals surface area contributed by atoms with E-state index in [1.807, 2.05) is 6.26 Å². The van der Waals surface area contributed by atoms with E-state index in [0.29, 0.717) is 0 Å². The molecule has 0 radical (unpaired) electrons. The van der Waals surface area contributed by atoms with Gasteiger partial charge in [0.25, 0.3) is 0 Å². The summed E-state index contributed by atoms with van der Waals surface area (Å²) < 4.78 is 3.17. The van der Waals surface area contributed by atoms with Gasteiger partial charge >= 0.3 is 0 Å². The smallest absolute Gasteiger partial charge is 0.0526 e. The molecule has 1 rings (SSSR count). The lowest BCUT2D eigenvalue weighted by atomic mass is 10.1. The first-order valence-electron chi connectivity index (χ1n) is 4.39. The molecule has 0 unspecified atom stereocenters. The topological polar surface area (TPSA) is 24.4 Å². The zero-order valence-corrected chi connectivity index (χ0v) is 8.36. The molecule has 0 heterocycles. The molecule has 0 aliphatic heterocycles. The number of rotatable bonds is 4. The summed E-state index contributed by atoms with van der Waals surface area (Å²) in [4.78, 5) is 4.47. The van der Waals surface area contributed by atoms with E-state index in [2.05, 4.69) is 21.9 Å². The van der Waals surface area contributed by atoms with Gasteiger partial charge in [-0.3, -0.25) is 9.71 Å². The Morgan fingerprint density at radius 1 is 1.67 bits per heavy atom. The second-order valence-corrected chi connectivity index (χ2v) is 3.46. The summed E-state index contributed by atoms with van der Waals surface area (Å²) in [6.45, 7) is 1.87. The molecule has 0 saturated carbocycles. The predicted molar refractivity (Wildman–Crippen MR) is 56.8 cm³/mol. The van der Waals surface area contributed by atoms with Crippen LogP contribution in [0.4, 0.5) is 0 Å². The number of hydrogen-bond acceptors (Lipinski definition) is 3. The van der Waals surface area contributed by atoms with Gasteiger partial charge in [0.1, 0.15) is 0 Å². The van der Waals surface area contributed by atoms with E-state index in [-0.39, 0.29) is 0 Å². The van der Waals surface area contributed by atoms with Gasteiger partial charge in [-0.05, 0) is 31.6 Å². The Morgan fingerprint density at radius 3 is 3.25 bits per heavy atom. The number of hydrogen-bond donors (Lipinski definition) is 1. The molecule has 1 N–H and O–H groups in total. The Labute approximate surface area is 78.7 Å². The SMILES string of the molecule is CSNCCN=C1C=CCCC1. The van der Waals surface area contributed by atoms with E-state index >= 15 is 0 Å². The van der Waals surface area contributed by atoms with E-state index in [4.69, 9.17) is 0 Å². The molecular weight excluding hydrogens is 168 g/mol. The highest BCUT2D eigenvalue weighted by molar-refractivity contribution is 7.96. The lowest BCUT2D eigenvalue weighted by Crippen LogP contribution is -2.09. The van der Waals surface area contributed by atoms with Gasteiger partial charge in [0, 0.05) is 12.3 Å². The molecule has 0 aromatic heterocycles. The quantitative estimate of drug-likeness (QED) is 0.534. The lowest BCUT2D eigenvalue weighted by molar-refractivity contribution is 0.859. The van der Waals surface area contributed by atoms with E-state index in [0.717, 1.165) is 19.5 Å². The fourth-order valence-corrected chi connectivity index (χ4v) is 1.48. The third-order valence-corrected chi connectivity index (χ3v) is 2.28. The molecule has 1 aliphatic rings. The summed E-state index contributed by atoms with van der Waals surface area (Å²) in [7, 11) is 0. The van der Waals surface area contributed by atoms with Gasteiger partial charge in [-0.1, -0.05) is 18.0 Å². The van der Waals surface area contributed by atoms with Crippen molar-refractivity contribution in [3.05, 3.63) is 12.2 Å². The molecule has 0 saturated heterocycles. The van der Waals surface area contributed by atoms with Crippen molar-refractivity contribution < 1.29 is 0 Å². The van der Waals surface area contributed by atoms with Gasteiger partial charge in [-0.25, -0.2) is 0 Å². The first-order chi connectivity index (χ1) is 5.93. The van der Waals surface area contributed by atoms with Crippen molar-refractivity contribution in [1.82, 2.24) is 4.72 Å². The van der Waals surface area contributed by atoms with Crippen LogP contribution < -0.4 is 4.72 Å². The standard InChI is InChI=1S/C9H16N2S/c1-12-11-8-7-10-9-5-3-2-4-6-9/h3,5,11H,2,4,6-8H2,1H3. The third-order valence-electron chi connectivity index (χ3n) is 1.79. The van der Waals surface area contributed by atoms with Crippen molar-refractivity contribution in [1.29, 1.82) is 0 Å². The van der Waals surface area contributed by atoms with Crippen LogP contribution in [0, 0.1) is 0 Å². The van der Waals surface area contributed by atoms with Gasteiger partial charge in [0.2, 0.25) is 0 Å². The average Bonchev–Trinajstić information content (AvgIpc) is 2.14. The highest BCUT2D eigenvalue weighted by Gasteiger charge is 1.98. The normalized spacial score (nSPS) is 20.2. The van der Waals surface area contributed by atoms with Crippen molar-refractivity contribution >= 4 is 17.7 Å². The molecule has 0 spiro atoms. The van der Waals surface area contributed by atoms with Crippen LogP contribution in [0.25, 0.3) is 0 Å². The van der Waals surface area contributed by atoms with E-state index in [1.165, 1.54) is 18.6 Å². The molecule has 0 bridgehead atoms. The molecule has 0 fully saturated rings. The first-order valence-corrected chi connectivity index (χ1v) is 5.61. The highest BCUT2D eigenvalue weighted by atomic mass is 32.2. The maximum atomic E-state index is 4.47. The zero-order chi connectivity index (χ0) is 8.65. The largest absolute Gasteiger partial charge is 0.288 e. The van der Waals surface area contributed by atoms with Crippen LogP contribution in [0.3, 0.4) is 0 Å². The zero-order valence-electron chi connectivity index (χ0n) is 7.55. The molecule has 0 atom stereocenters. The van der Waals surface area contributed by atoms with Crippen LogP contribution in [-0.2, 0) is 0 Å². The monoisotopic (exact) mass is 184 g/mol. The van der Waals surface area contributed by atoms with Crippen molar-refractivity contribution in [3.8, 4) is 0 Å². The Morgan fingerprint density at radius 2 is 2.58 bits per heavy atom. The average molecular weight is 184 g/mol. The summed E-state index contributed by atoms with van der Waals surface area (Å²) >= 11 is 1.65. The van der Waals surface area contributed by atoms with Crippen LogP contribution in [0.2, 0.25) is 0 Å². The maximum absolute atomic E-state index is 4.47. The van der Waals surface area contributed by atoms with Crippen LogP contribution in [0.1, 0.15) is 19.3 Å². The molecule has 0 aromatic carbocycles. The van der Waals surface area contributed by atoms with Crippen LogP contribution in [-0.4, -0.2) is 25.1 Å². The predicted octanol–water partition coefficient (Wildman–Crippen LogP) is 2.04. The minimum Gasteiger partial charge on any atom is -0.288 e. The summed E-state index contributed by atoms with van der Waals surface area (Å²) in [5.41, 5.74) is 1.27. The second kappa shape index (κ2) is 6.26. The van der Waals surface area contributed by atoms with Crippen LogP contribution in [0.15, 0.2) is 17.1 Å². The molecule has 68 valence electrons. The van der Waals surface area contributed by atoms with Crippen molar-refractivity contribution in [2.75, 3.05) is 19.3 Å². The number of nitrogens with one attached hydrogen (secondary N) is 1. The molecular formula is C9H16N2S. The van der Waals surface area contributed by atoms with E-state index in [9.17, 15) is 0 Å². The summed E-state index contributed by atoms with van der Waals surface area (Å²) in [5, 5.41) is 0. The Kier molecular flexibility index (Phi) is 5.11. The van der Waals surface area contributed by atoms with Crippen molar-refractivity contribution in [3.63, 3.8) is 0 Å². The number of aliphatic imine (C=N–C) groups is 1. The van der Waals surface area contributed by atoms with Gasteiger partial charge in [0.15, 0.2) is 0 Å². The van der Waals surface area contributed by atoms with Crippen molar-refractivity contribution in [2.24, 2.45) is 4.99 Å². The first kappa shape index (κ1) is 9.81. The van der Waals surface area contributed by atoms with Crippen LogP contribution in [0.5, 0.6) is 0 Å². The third kappa shape index (κ3) is 3.93. The second-order valence-electron chi connectivity index (χ2n) is 2.77. The minimum atomic E-state index is 0.903. The maximum Gasteiger partial charge on any atom is 0.0526 e. The molecule has 3 heteroatoms. The fourth-order valence-electron chi connectivity index (χ4n) is 1.18. The lowest BCUT2D eigenvalue weighted by Gasteiger charge is -2.05. The number of allylic oxidation sites excluding steroid dienone is 2. The van der Waals surface area contributed by atoms with Gasteiger partial charge < -0.3 is 0 Å². The highest BCUT2D eigenvalue weighted by Crippen LogP contribution is 2.06. The Balaban J connectivity index is 2.17. The van der Waals surface area contributed by atoms with Crippen molar-refractivity contribution in [2.45, 2.75) is 19.3 Å². The molecule has 0 amide bonds. The van der Waals surface area contributed by atoms with E-state index in [1.54, 1.807) is 11.9 Å². The molecule has 12 heavy (non-hydrogen) atoms. The molecule has 0 aromatic rings. The van der Waals surface area contributed by atoms with Crippen LogP contribution >= 0.6 is 11.9 Å². The molecule has 1 aliphatic carbocycles. The number of nitrogens with zero attached hydrogens (tertiary/aromatic N) is 1. The Hall–Kier alpha value is -0.280. The summed E-state index contributed by atoms with van der Waals surface area (Å²) in [6.07, 6.45) is 10.1. The fraction of sp³-hybridized carbons (Fsp3) is 0.667.